The van der Waals surface area contributed by atoms with Crippen LogP contribution in [-0.2, 0) is 11.2 Å². The molecule has 0 radical (unpaired) electrons. The van der Waals surface area contributed by atoms with Crippen LogP contribution in [0, 0.1) is 0 Å². The van der Waals surface area contributed by atoms with Crippen molar-refractivity contribution in [1.29, 1.82) is 0 Å². The second-order valence-corrected chi connectivity index (χ2v) is 6.39. The second kappa shape index (κ2) is 8.70. The minimum absolute atomic E-state index is 0.104. The van der Waals surface area contributed by atoms with E-state index >= 15 is 0 Å². The first-order valence-corrected chi connectivity index (χ1v) is 8.62. The Balaban J connectivity index is 1.60. The Morgan fingerprint density at radius 1 is 1.35 bits per heavy atom. The number of hydrogen-bond acceptors (Lipinski definition) is 6. The minimum atomic E-state index is -0.618. The zero-order valence-corrected chi connectivity index (χ0v) is 14.4. The monoisotopic (exact) mass is 357 g/mol. The number of hydroxylamine groups is 1. The first-order valence-electron chi connectivity index (χ1n) is 8.62. The quantitative estimate of drug-likeness (QED) is 0.382. The van der Waals surface area contributed by atoms with Gasteiger partial charge in [0.1, 0.15) is 5.69 Å². The van der Waals surface area contributed by atoms with Crippen molar-refractivity contribution >= 4 is 12.0 Å². The van der Waals surface area contributed by atoms with E-state index in [0.717, 1.165) is 25.9 Å². The van der Waals surface area contributed by atoms with Crippen molar-refractivity contribution in [3.05, 3.63) is 53.9 Å². The van der Waals surface area contributed by atoms with Crippen molar-refractivity contribution in [3.63, 3.8) is 0 Å². The molecule has 0 spiro atoms. The molecule has 8 nitrogen and oxygen atoms in total. The molecule has 1 aliphatic heterocycles. The van der Waals surface area contributed by atoms with Crippen LogP contribution in [0.5, 0.6) is 0 Å². The Labute approximate surface area is 151 Å². The van der Waals surface area contributed by atoms with Gasteiger partial charge in [0.2, 0.25) is 0 Å². The number of nitrogens with zero attached hydrogens (tertiary/aromatic N) is 4. The zero-order chi connectivity index (χ0) is 18.4. The van der Waals surface area contributed by atoms with E-state index in [1.165, 1.54) is 23.2 Å². The van der Waals surface area contributed by atoms with Gasteiger partial charge in [0, 0.05) is 25.2 Å². The molecule has 1 aromatic carbocycles. The summed E-state index contributed by atoms with van der Waals surface area (Å²) in [5.74, 6) is -0.618. The molecule has 3 N–H and O–H groups in total. The summed E-state index contributed by atoms with van der Waals surface area (Å²) < 4.78 is 1.78. The van der Waals surface area contributed by atoms with Gasteiger partial charge in [-0.1, -0.05) is 35.5 Å². The van der Waals surface area contributed by atoms with Crippen LogP contribution >= 0.6 is 0 Å². The number of likely N-dealkylation sites (tertiary alicyclic amines) is 1. The lowest BCUT2D eigenvalue weighted by molar-refractivity contribution is -0.124. The average molecular weight is 357 g/mol. The van der Waals surface area contributed by atoms with Gasteiger partial charge in [-0.2, -0.15) is 0 Å². The highest BCUT2D eigenvalue weighted by Gasteiger charge is 2.32. The standard InChI is InChI=1S/C18H23N5O3/c24-13-17-10-16(12-22(17)9-8-14-4-2-1-3-5-14)23-11-15(19-21-23)6-7-18(25)20-26/h1-7,11,16-17,24,26H,8-10,12-13H2,(H,20,25)/b7-6+/t16-,17-/m1/s1. The maximum absolute atomic E-state index is 11.0. The molecule has 2 heterocycles. The van der Waals surface area contributed by atoms with Gasteiger partial charge in [0.05, 0.1) is 18.8 Å². The summed E-state index contributed by atoms with van der Waals surface area (Å²) in [5.41, 5.74) is 3.35. The fourth-order valence-electron chi connectivity index (χ4n) is 3.27. The third kappa shape index (κ3) is 4.54. The van der Waals surface area contributed by atoms with E-state index in [2.05, 4.69) is 27.3 Å². The molecule has 1 aromatic heterocycles. The smallest absolute Gasteiger partial charge is 0.267 e. The highest BCUT2D eigenvalue weighted by atomic mass is 16.5. The minimum Gasteiger partial charge on any atom is -0.395 e. The van der Waals surface area contributed by atoms with E-state index in [4.69, 9.17) is 5.21 Å². The SMILES string of the molecule is O=C(/C=C/c1cn([C@@H]2C[C@H](CO)N(CCc3ccccc3)C2)nn1)NO. The number of aliphatic hydroxyl groups is 1. The van der Waals surface area contributed by atoms with E-state index in [1.54, 1.807) is 10.9 Å². The molecule has 0 unspecified atom stereocenters. The molecule has 2 aromatic rings. The number of aliphatic hydroxyl groups excluding tert-OH is 1. The van der Waals surface area contributed by atoms with Gasteiger partial charge in [-0.3, -0.25) is 14.9 Å². The number of aromatic nitrogens is 3. The molecular formula is C18H23N5O3. The maximum Gasteiger partial charge on any atom is 0.267 e. The number of amides is 1. The largest absolute Gasteiger partial charge is 0.395 e. The molecule has 2 atom stereocenters. The van der Waals surface area contributed by atoms with Crippen LogP contribution in [0.1, 0.15) is 23.7 Å². The third-order valence-corrected chi connectivity index (χ3v) is 4.66. The van der Waals surface area contributed by atoms with Crippen molar-refractivity contribution in [2.45, 2.75) is 24.9 Å². The molecule has 138 valence electrons. The van der Waals surface area contributed by atoms with Gasteiger partial charge < -0.3 is 5.11 Å². The average Bonchev–Trinajstić information content (AvgIpc) is 3.31. The number of carbonyl (C=O) groups excluding carboxylic acids is 1. The van der Waals surface area contributed by atoms with E-state index in [0.29, 0.717) is 5.69 Å². The van der Waals surface area contributed by atoms with Gasteiger partial charge in [0.25, 0.3) is 5.91 Å². The van der Waals surface area contributed by atoms with Gasteiger partial charge in [-0.15, -0.1) is 5.10 Å². The predicted octanol–water partition coefficient (Wildman–Crippen LogP) is 0.647. The molecule has 26 heavy (non-hydrogen) atoms. The second-order valence-electron chi connectivity index (χ2n) is 6.39. The lowest BCUT2D eigenvalue weighted by atomic mass is 10.1. The molecular weight excluding hydrogens is 334 g/mol. The summed E-state index contributed by atoms with van der Waals surface area (Å²) >= 11 is 0. The Bertz CT molecular complexity index is 746. The van der Waals surface area contributed by atoms with Gasteiger partial charge in [-0.05, 0) is 24.5 Å². The highest BCUT2D eigenvalue weighted by Crippen LogP contribution is 2.27. The molecule has 1 aliphatic rings. The van der Waals surface area contributed by atoms with Crippen molar-refractivity contribution in [3.8, 4) is 0 Å². The highest BCUT2D eigenvalue weighted by molar-refractivity contribution is 5.90. The molecule has 0 aliphatic carbocycles. The normalized spacial score (nSPS) is 20.7. The summed E-state index contributed by atoms with van der Waals surface area (Å²) in [6.45, 7) is 1.79. The number of benzene rings is 1. The first kappa shape index (κ1) is 18.2. The Kier molecular flexibility index (Phi) is 6.11. The Morgan fingerprint density at radius 3 is 2.88 bits per heavy atom. The number of carbonyl (C=O) groups is 1. The topological polar surface area (TPSA) is 104 Å². The molecule has 1 fully saturated rings. The molecule has 3 rings (SSSR count). The fourth-order valence-corrected chi connectivity index (χ4v) is 3.27. The third-order valence-electron chi connectivity index (χ3n) is 4.66. The fraction of sp³-hybridized carbons (Fsp3) is 0.389. The van der Waals surface area contributed by atoms with E-state index in [1.807, 2.05) is 18.2 Å². The number of nitrogens with one attached hydrogen (secondary N) is 1. The molecule has 0 saturated carbocycles. The van der Waals surface area contributed by atoms with Crippen molar-refractivity contribution < 1.29 is 15.1 Å². The lowest BCUT2D eigenvalue weighted by Crippen LogP contribution is -2.34. The van der Waals surface area contributed by atoms with Crippen molar-refractivity contribution in [1.82, 2.24) is 25.4 Å². The van der Waals surface area contributed by atoms with Crippen LogP contribution in [0.25, 0.3) is 6.08 Å². The molecule has 1 amide bonds. The van der Waals surface area contributed by atoms with Crippen LogP contribution in [0.15, 0.2) is 42.6 Å². The Morgan fingerprint density at radius 2 is 2.15 bits per heavy atom. The summed E-state index contributed by atoms with van der Waals surface area (Å²) in [6.07, 6.45) is 6.17. The van der Waals surface area contributed by atoms with Crippen molar-refractivity contribution in [2.24, 2.45) is 0 Å². The zero-order valence-electron chi connectivity index (χ0n) is 14.4. The number of rotatable bonds is 7. The van der Waals surface area contributed by atoms with Crippen LogP contribution in [0.4, 0.5) is 0 Å². The van der Waals surface area contributed by atoms with Gasteiger partial charge >= 0.3 is 0 Å². The Hall–Kier alpha value is -2.55. The van der Waals surface area contributed by atoms with E-state index < -0.39 is 5.91 Å². The summed E-state index contributed by atoms with van der Waals surface area (Å²) in [6, 6.07) is 10.5. The van der Waals surface area contributed by atoms with Gasteiger partial charge in [-0.25, -0.2) is 10.2 Å². The predicted molar refractivity (Wildman–Crippen MR) is 95.2 cm³/mol. The van der Waals surface area contributed by atoms with E-state index in [9.17, 15) is 9.90 Å². The van der Waals surface area contributed by atoms with Crippen LogP contribution in [0.3, 0.4) is 0 Å². The van der Waals surface area contributed by atoms with Crippen LogP contribution in [0.2, 0.25) is 0 Å². The summed E-state index contributed by atoms with van der Waals surface area (Å²) in [4.78, 5) is 13.3. The first-order chi connectivity index (χ1) is 12.7. The summed E-state index contributed by atoms with van der Waals surface area (Å²) in [7, 11) is 0. The number of hydrogen-bond donors (Lipinski definition) is 3. The van der Waals surface area contributed by atoms with Crippen LogP contribution in [-0.4, -0.2) is 61.9 Å². The van der Waals surface area contributed by atoms with Gasteiger partial charge in [0.15, 0.2) is 0 Å². The van der Waals surface area contributed by atoms with Crippen LogP contribution < -0.4 is 5.48 Å². The summed E-state index contributed by atoms with van der Waals surface area (Å²) in [5, 5.41) is 26.4. The van der Waals surface area contributed by atoms with Crippen molar-refractivity contribution in [2.75, 3.05) is 19.7 Å². The molecule has 0 bridgehead atoms. The van der Waals surface area contributed by atoms with E-state index in [-0.39, 0.29) is 18.7 Å². The molecule has 8 heteroatoms. The molecule has 1 saturated heterocycles. The maximum atomic E-state index is 11.0. The lowest BCUT2D eigenvalue weighted by Gasteiger charge is -2.22.